The first-order chi connectivity index (χ1) is 13.1. The number of aromatic nitrogens is 5. The second kappa shape index (κ2) is 7.59. The molecule has 144 valence electrons. The fraction of sp³-hybridized carbons (Fsp3) is 0.611. The summed E-state index contributed by atoms with van der Waals surface area (Å²) in [7, 11) is 0. The lowest BCUT2D eigenvalue weighted by atomic mass is 9.96. The first-order valence-electron chi connectivity index (χ1n) is 9.50. The Morgan fingerprint density at radius 3 is 2.59 bits per heavy atom. The number of nitrogens with zero attached hydrogens (tertiary/aromatic N) is 5. The molecule has 2 aliphatic rings. The van der Waals surface area contributed by atoms with E-state index in [1.54, 1.807) is 0 Å². The molecule has 0 spiro atoms. The lowest BCUT2D eigenvalue weighted by Crippen LogP contribution is -2.39. The maximum atomic E-state index is 12.6. The molecular formula is C18H25N7O2. The Labute approximate surface area is 157 Å². The van der Waals surface area contributed by atoms with E-state index in [0.29, 0.717) is 11.8 Å². The van der Waals surface area contributed by atoms with Crippen LogP contribution in [0.4, 0.5) is 11.9 Å². The van der Waals surface area contributed by atoms with Crippen molar-refractivity contribution in [3.8, 4) is 0 Å². The molecule has 9 nitrogen and oxygen atoms in total. The van der Waals surface area contributed by atoms with E-state index in [-0.39, 0.29) is 17.9 Å². The molecule has 0 aromatic carbocycles. The van der Waals surface area contributed by atoms with Crippen molar-refractivity contribution in [3.05, 3.63) is 23.3 Å². The molecular weight excluding hydrogens is 346 g/mol. The van der Waals surface area contributed by atoms with E-state index in [2.05, 4.69) is 35.4 Å². The Balaban J connectivity index is 1.32. The van der Waals surface area contributed by atoms with Gasteiger partial charge >= 0.3 is 0 Å². The molecule has 0 saturated carbocycles. The summed E-state index contributed by atoms with van der Waals surface area (Å²) in [5, 5.41) is 9.80. The van der Waals surface area contributed by atoms with E-state index in [1.165, 1.54) is 0 Å². The summed E-state index contributed by atoms with van der Waals surface area (Å²) in [6.45, 7) is 6.21. The maximum Gasteiger partial charge on any atom is 0.248 e. The molecule has 2 aromatic rings. The van der Waals surface area contributed by atoms with Gasteiger partial charge in [0.15, 0.2) is 5.82 Å². The molecule has 0 aliphatic carbocycles. The summed E-state index contributed by atoms with van der Waals surface area (Å²) in [5.74, 6) is 1.67. The Hall–Kier alpha value is -2.55. The van der Waals surface area contributed by atoms with Crippen molar-refractivity contribution < 1.29 is 9.53 Å². The van der Waals surface area contributed by atoms with E-state index >= 15 is 0 Å². The molecule has 27 heavy (non-hydrogen) atoms. The van der Waals surface area contributed by atoms with Gasteiger partial charge in [-0.2, -0.15) is 4.98 Å². The number of aromatic amines is 1. The zero-order valence-corrected chi connectivity index (χ0v) is 15.7. The quantitative estimate of drug-likeness (QED) is 0.845. The number of rotatable bonds is 4. The number of hydrogen-bond acceptors (Lipinski definition) is 7. The van der Waals surface area contributed by atoms with Gasteiger partial charge in [0.1, 0.15) is 6.10 Å². The van der Waals surface area contributed by atoms with Crippen LogP contribution in [0.15, 0.2) is 6.07 Å². The minimum atomic E-state index is -0.0585. The van der Waals surface area contributed by atoms with Crippen LogP contribution in [0.1, 0.15) is 49.0 Å². The SMILES string of the molecule is Cc1cc(C)nc(N2CCC(C(=O)Nc3n[nH]c(C4CCCO4)n3)CC2)n1. The predicted molar refractivity (Wildman–Crippen MR) is 99.4 cm³/mol. The number of amides is 1. The molecule has 0 radical (unpaired) electrons. The highest BCUT2D eigenvalue weighted by molar-refractivity contribution is 5.91. The molecule has 4 heterocycles. The number of nitrogens with one attached hydrogen (secondary N) is 2. The smallest absolute Gasteiger partial charge is 0.248 e. The Morgan fingerprint density at radius 1 is 1.19 bits per heavy atom. The first kappa shape index (κ1) is 17.8. The number of carbonyl (C=O) groups is 1. The van der Waals surface area contributed by atoms with Gasteiger partial charge in [0.05, 0.1) is 0 Å². The van der Waals surface area contributed by atoms with Gasteiger partial charge in [0.2, 0.25) is 17.8 Å². The van der Waals surface area contributed by atoms with Gasteiger partial charge < -0.3 is 9.64 Å². The van der Waals surface area contributed by atoms with Crippen LogP contribution in [-0.4, -0.2) is 50.8 Å². The van der Waals surface area contributed by atoms with Crippen LogP contribution in [0.25, 0.3) is 0 Å². The third-order valence-electron chi connectivity index (χ3n) is 5.09. The number of H-pyrrole nitrogens is 1. The van der Waals surface area contributed by atoms with Gasteiger partial charge in [-0.3, -0.25) is 15.2 Å². The lowest BCUT2D eigenvalue weighted by molar-refractivity contribution is -0.120. The standard InChI is InChI=1S/C18H25N7O2/c1-11-10-12(2)20-18(19-11)25-7-5-13(6-8-25)16(26)22-17-21-15(23-24-17)14-4-3-9-27-14/h10,13-14H,3-9H2,1-2H3,(H2,21,22,23,24,26). The summed E-state index contributed by atoms with van der Waals surface area (Å²) < 4.78 is 5.58. The van der Waals surface area contributed by atoms with Crippen molar-refractivity contribution in [1.29, 1.82) is 0 Å². The van der Waals surface area contributed by atoms with Gasteiger partial charge in [-0.15, -0.1) is 5.10 Å². The zero-order valence-electron chi connectivity index (χ0n) is 15.7. The molecule has 2 fully saturated rings. The molecule has 2 aliphatic heterocycles. The molecule has 1 unspecified atom stereocenters. The van der Waals surface area contributed by atoms with Crippen LogP contribution in [0.5, 0.6) is 0 Å². The summed E-state index contributed by atoms with van der Waals surface area (Å²) >= 11 is 0. The fourth-order valence-corrected chi connectivity index (χ4v) is 3.67. The van der Waals surface area contributed by atoms with E-state index in [4.69, 9.17) is 4.74 Å². The summed E-state index contributed by atoms with van der Waals surface area (Å²) in [5.41, 5.74) is 1.92. The second-order valence-corrected chi connectivity index (χ2v) is 7.25. The number of piperidine rings is 1. The Morgan fingerprint density at radius 2 is 1.93 bits per heavy atom. The normalized spacial score (nSPS) is 20.8. The molecule has 2 saturated heterocycles. The van der Waals surface area contributed by atoms with Crippen molar-refractivity contribution in [2.75, 3.05) is 29.9 Å². The predicted octanol–water partition coefficient (Wildman–Crippen LogP) is 1.92. The topological polar surface area (TPSA) is 109 Å². The van der Waals surface area contributed by atoms with Gasteiger partial charge in [-0.05, 0) is 45.6 Å². The van der Waals surface area contributed by atoms with Crippen LogP contribution >= 0.6 is 0 Å². The van der Waals surface area contributed by atoms with Crippen LogP contribution in [-0.2, 0) is 9.53 Å². The third kappa shape index (κ3) is 4.08. The van der Waals surface area contributed by atoms with Gasteiger partial charge in [0, 0.05) is 37.0 Å². The largest absolute Gasteiger partial charge is 0.370 e. The number of anilines is 2. The van der Waals surface area contributed by atoms with Crippen LogP contribution < -0.4 is 10.2 Å². The molecule has 2 N–H and O–H groups in total. The minimum absolute atomic E-state index is 0.0334. The van der Waals surface area contributed by atoms with Crippen molar-refractivity contribution >= 4 is 17.8 Å². The molecule has 4 rings (SSSR count). The van der Waals surface area contributed by atoms with Crippen molar-refractivity contribution in [3.63, 3.8) is 0 Å². The second-order valence-electron chi connectivity index (χ2n) is 7.25. The zero-order chi connectivity index (χ0) is 18.8. The van der Waals surface area contributed by atoms with Crippen molar-refractivity contribution in [2.24, 2.45) is 5.92 Å². The van der Waals surface area contributed by atoms with Gasteiger partial charge in [0.25, 0.3) is 0 Å². The minimum Gasteiger partial charge on any atom is -0.370 e. The maximum absolute atomic E-state index is 12.6. The average molecular weight is 371 g/mol. The summed E-state index contributed by atoms with van der Waals surface area (Å²) in [6.07, 6.45) is 3.43. The van der Waals surface area contributed by atoms with E-state index < -0.39 is 0 Å². The summed E-state index contributed by atoms with van der Waals surface area (Å²) in [6, 6.07) is 1.96. The average Bonchev–Trinajstić information content (AvgIpc) is 3.32. The number of carbonyl (C=O) groups excluding carboxylic acids is 1. The molecule has 1 atom stereocenters. The molecule has 0 bridgehead atoms. The highest BCUT2D eigenvalue weighted by atomic mass is 16.5. The van der Waals surface area contributed by atoms with E-state index in [0.717, 1.165) is 62.7 Å². The monoisotopic (exact) mass is 371 g/mol. The highest BCUT2D eigenvalue weighted by Gasteiger charge is 2.28. The fourth-order valence-electron chi connectivity index (χ4n) is 3.67. The number of ether oxygens (including phenoxy) is 1. The van der Waals surface area contributed by atoms with Crippen molar-refractivity contribution in [2.45, 2.75) is 45.6 Å². The Kier molecular flexibility index (Phi) is 5.02. The third-order valence-corrected chi connectivity index (χ3v) is 5.09. The van der Waals surface area contributed by atoms with E-state index in [9.17, 15) is 4.79 Å². The molecule has 1 amide bonds. The van der Waals surface area contributed by atoms with Crippen LogP contribution in [0.2, 0.25) is 0 Å². The first-order valence-corrected chi connectivity index (χ1v) is 9.50. The highest BCUT2D eigenvalue weighted by Crippen LogP contribution is 2.26. The van der Waals surface area contributed by atoms with E-state index in [1.807, 2.05) is 19.9 Å². The van der Waals surface area contributed by atoms with Crippen LogP contribution in [0, 0.1) is 19.8 Å². The molecule has 2 aromatic heterocycles. The van der Waals surface area contributed by atoms with Gasteiger partial charge in [-0.25, -0.2) is 9.97 Å². The summed E-state index contributed by atoms with van der Waals surface area (Å²) in [4.78, 5) is 28.1. The number of hydrogen-bond donors (Lipinski definition) is 2. The Bertz CT molecular complexity index is 788. The van der Waals surface area contributed by atoms with Crippen molar-refractivity contribution in [1.82, 2.24) is 25.1 Å². The van der Waals surface area contributed by atoms with Crippen LogP contribution in [0.3, 0.4) is 0 Å². The molecule has 9 heteroatoms. The number of aryl methyl sites for hydroxylation is 2. The van der Waals surface area contributed by atoms with Gasteiger partial charge in [-0.1, -0.05) is 0 Å². The lowest BCUT2D eigenvalue weighted by Gasteiger charge is -2.31.